The van der Waals surface area contributed by atoms with Crippen molar-refractivity contribution in [1.29, 1.82) is 0 Å². The Hall–Kier alpha value is -1.50. The molecule has 0 radical (unpaired) electrons. The Morgan fingerprint density at radius 2 is 1.63 bits per heavy atom. The summed E-state index contributed by atoms with van der Waals surface area (Å²) in [6.45, 7) is 4.51. The maximum atomic E-state index is 4.49. The summed E-state index contributed by atoms with van der Waals surface area (Å²) < 4.78 is 0. The second-order valence-electron chi connectivity index (χ2n) is 8.34. The summed E-state index contributed by atoms with van der Waals surface area (Å²) in [5, 5.41) is 11.1. The van der Waals surface area contributed by atoms with E-state index in [1.54, 1.807) is 11.3 Å². The molecule has 5 nitrogen and oxygen atoms in total. The summed E-state index contributed by atoms with van der Waals surface area (Å²) in [6, 6.07) is 13.0. The number of fused-ring (bicyclic) bond motifs is 2. The number of hydrogen-bond acceptors (Lipinski definition) is 6. The fourth-order valence-corrected chi connectivity index (χ4v) is 6.10. The molecular formula is C21H29N5S. The van der Waals surface area contributed by atoms with E-state index in [0.717, 1.165) is 47.8 Å². The number of nitrogens with zero attached hydrogens (tertiary/aromatic N) is 5. The summed E-state index contributed by atoms with van der Waals surface area (Å²) in [4.78, 5) is 7.83. The normalized spacial score (nSPS) is 29.4. The van der Waals surface area contributed by atoms with Gasteiger partial charge >= 0.3 is 0 Å². The zero-order chi connectivity index (χ0) is 18.2. The molecule has 4 heterocycles. The number of rotatable bonds is 4. The lowest BCUT2D eigenvalue weighted by molar-refractivity contribution is 0.0719. The van der Waals surface area contributed by atoms with E-state index in [1.807, 2.05) is 0 Å². The van der Waals surface area contributed by atoms with Crippen LogP contribution in [0.3, 0.4) is 0 Å². The maximum absolute atomic E-state index is 4.49. The molecule has 6 heteroatoms. The molecule has 1 aromatic heterocycles. The van der Waals surface area contributed by atoms with Gasteiger partial charge in [-0.25, -0.2) is 0 Å². The first-order valence-corrected chi connectivity index (χ1v) is 11.1. The molecule has 3 fully saturated rings. The Balaban J connectivity index is 1.17. The van der Waals surface area contributed by atoms with Crippen LogP contribution in [0, 0.1) is 0 Å². The number of aromatic nitrogens is 2. The van der Waals surface area contributed by atoms with Crippen LogP contribution in [0.25, 0.3) is 0 Å². The monoisotopic (exact) mass is 383 g/mol. The smallest absolute Gasteiger partial charge is 0.208 e. The lowest BCUT2D eigenvalue weighted by Crippen LogP contribution is -2.55. The van der Waals surface area contributed by atoms with Gasteiger partial charge in [-0.15, -0.1) is 10.2 Å². The lowest BCUT2D eigenvalue weighted by Gasteiger charge is -2.44. The van der Waals surface area contributed by atoms with Crippen LogP contribution in [-0.2, 0) is 6.42 Å². The molecule has 2 atom stereocenters. The second kappa shape index (κ2) is 7.49. The van der Waals surface area contributed by atoms with Crippen molar-refractivity contribution in [3.05, 3.63) is 40.9 Å². The molecule has 1 aromatic carbocycles. The predicted octanol–water partition coefficient (Wildman–Crippen LogP) is 2.88. The summed E-state index contributed by atoms with van der Waals surface area (Å²) >= 11 is 1.76. The Bertz CT molecular complexity index is 741. The van der Waals surface area contributed by atoms with Crippen LogP contribution in [0.1, 0.15) is 36.3 Å². The van der Waals surface area contributed by atoms with Gasteiger partial charge in [-0.3, -0.25) is 4.90 Å². The van der Waals surface area contributed by atoms with Crippen molar-refractivity contribution in [2.45, 2.75) is 50.2 Å². The maximum Gasteiger partial charge on any atom is 0.208 e. The summed E-state index contributed by atoms with van der Waals surface area (Å²) in [5.74, 6) is 0. The van der Waals surface area contributed by atoms with Gasteiger partial charge in [0.2, 0.25) is 5.13 Å². The quantitative estimate of drug-likeness (QED) is 0.811. The number of piperidine rings is 1. The van der Waals surface area contributed by atoms with Gasteiger partial charge in [0.05, 0.1) is 0 Å². The molecular weight excluding hydrogens is 354 g/mol. The third kappa shape index (κ3) is 3.62. The van der Waals surface area contributed by atoms with E-state index in [-0.39, 0.29) is 0 Å². The molecule has 0 spiro atoms. The minimum absolute atomic E-state index is 0.795. The van der Waals surface area contributed by atoms with Gasteiger partial charge in [-0.1, -0.05) is 41.7 Å². The van der Waals surface area contributed by atoms with Gasteiger partial charge in [0.25, 0.3) is 0 Å². The highest BCUT2D eigenvalue weighted by atomic mass is 32.1. The minimum Gasteiger partial charge on any atom is -0.344 e. The van der Waals surface area contributed by atoms with Gasteiger partial charge in [0.15, 0.2) is 0 Å². The Kier molecular flexibility index (Phi) is 4.88. The van der Waals surface area contributed by atoms with Crippen molar-refractivity contribution in [2.75, 3.05) is 38.1 Å². The zero-order valence-corrected chi connectivity index (χ0v) is 16.9. The fraction of sp³-hybridized carbons (Fsp3) is 0.619. The third-order valence-electron chi connectivity index (χ3n) is 6.83. The first kappa shape index (κ1) is 17.6. The summed E-state index contributed by atoms with van der Waals surface area (Å²) in [6.07, 6.45) is 6.44. The summed E-state index contributed by atoms with van der Waals surface area (Å²) in [5.41, 5.74) is 1.31. The molecule has 5 rings (SSSR count). The highest BCUT2D eigenvalue weighted by Crippen LogP contribution is 2.36. The molecule has 27 heavy (non-hydrogen) atoms. The molecule has 0 aliphatic carbocycles. The average Bonchev–Trinajstić information content (AvgIpc) is 3.22. The number of benzene rings is 1. The third-order valence-corrected chi connectivity index (χ3v) is 7.81. The molecule has 3 aliphatic heterocycles. The molecule has 144 valence electrons. The van der Waals surface area contributed by atoms with Gasteiger partial charge in [0.1, 0.15) is 5.01 Å². The number of anilines is 1. The van der Waals surface area contributed by atoms with Gasteiger partial charge < -0.3 is 9.80 Å². The van der Waals surface area contributed by atoms with Gasteiger partial charge in [-0.2, -0.15) is 0 Å². The molecule has 2 bridgehead atoms. The van der Waals surface area contributed by atoms with Gasteiger partial charge in [0, 0.05) is 50.7 Å². The first-order chi connectivity index (χ1) is 13.3. The van der Waals surface area contributed by atoms with Crippen molar-refractivity contribution in [3.8, 4) is 0 Å². The molecule has 0 saturated carbocycles. The predicted molar refractivity (Wildman–Crippen MR) is 111 cm³/mol. The van der Waals surface area contributed by atoms with E-state index in [0.29, 0.717) is 0 Å². The second-order valence-corrected chi connectivity index (χ2v) is 9.38. The highest BCUT2D eigenvalue weighted by Gasteiger charge is 2.40. The topological polar surface area (TPSA) is 35.5 Å². The number of piperazine rings is 1. The molecule has 0 amide bonds. The Morgan fingerprint density at radius 1 is 0.926 bits per heavy atom. The van der Waals surface area contributed by atoms with Crippen LogP contribution in [0.15, 0.2) is 30.3 Å². The van der Waals surface area contributed by atoms with Crippen LogP contribution in [0.5, 0.6) is 0 Å². The molecule has 3 saturated heterocycles. The SMILES string of the molecule is CN1C2CCC1CC(N1CCN(c3nnc(Cc4ccccc4)s3)CC1)C2. The van der Waals surface area contributed by atoms with Crippen molar-refractivity contribution < 1.29 is 0 Å². The van der Waals surface area contributed by atoms with Crippen LogP contribution in [-0.4, -0.2) is 71.3 Å². The molecule has 2 unspecified atom stereocenters. The largest absolute Gasteiger partial charge is 0.344 e. The Morgan fingerprint density at radius 3 is 2.33 bits per heavy atom. The van der Waals surface area contributed by atoms with E-state index in [2.05, 4.69) is 62.3 Å². The van der Waals surface area contributed by atoms with Crippen LogP contribution in [0.2, 0.25) is 0 Å². The van der Waals surface area contributed by atoms with Crippen LogP contribution >= 0.6 is 11.3 Å². The first-order valence-electron chi connectivity index (χ1n) is 10.3. The highest BCUT2D eigenvalue weighted by molar-refractivity contribution is 7.15. The van der Waals surface area contributed by atoms with Crippen molar-refractivity contribution >= 4 is 16.5 Å². The molecule has 0 N–H and O–H groups in total. The van der Waals surface area contributed by atoms with E-state index in [1.165, 1.54) is 44.3 Å². The van der Waals surface area contributed by atoms with E-state index < -0.39 is 0 Å². The molecule has 3 aliphatic rings. The minimum atomic E-state index is 0.795. The van der Waals surface area contributed by atoms with Crippen LogP contribution in [0.4, 0.5) is 5.13 Å². The Labute approximate surface area is 166 Å². The van der Waals surface area contributed by atoms with E-state index in [9.17, 15) is 0 Å². The number of hydrogen-bond donors (Lipinski definition) is 0. The average molecular weight is 384 g/mol. The van der Waals surface area contributed by atoms with E-state index >= 15 is 0 Å². The van der Waals surface area contributed by atoms with E-state index in [4.69, 9.17) is 0 Å². The van der Waals surface area contributed by atoms with Gasteiger partial charge in [-0.05, 0) is 38.3 Å². The van der Waals surface area contributed by atoms with Crippen molar-refractivity contribution in [2.24, 2.45) is 0 Å². The van der Waals surface area contributed by atoms with Crippen molar-refractivity contribution in [3.63, 3.8) is 0 Å². The summed E-state index contributed by atoms with van der Waals surface area (Å²) in [7, 11) is 2.33. The van der Waals surface area contributed by atoms with Crippen molar-refractivity contribution in [1.82, 2.24) is 20.0 Å². The zero-order valence-electron chi connectivity index (χ0n) is 16.1. The lowest BCUT2D eigenvalue weighted by atomic mass is 9.96. The molecule has 2 aromatic rings. The van der Waals surface area contributed by atoms with Crippen LogP contribution < -0.4 is 4.90 Å². The standard InChI is InChI=1S/C21H29N5S/c1-24-17-7-8-18(24)15-19(14-17)25-9-11-26(12-10-25)21-23-22-20(27-21)13-16-5-3-2-4-6-16/h2-6,17-19H,7-15H2,1H3. The fourth-order valence-electron chi connectivity index (χ4n) is 5.17.